The Morgan fingerprint density at radius 2 is 1.22 bits per heavy atom. The van der Waals surface area contributed by atoms with Crippen LogP contribution < -0.4 is 0 Å². The van der Waals surface area contributed by atoms with Gasteiger partial charge in [0.15, 0.2) is 0 Å². The highest BCUT2D eigenvalue weighted by atomic mass is 16.2. The van der Waals surface area contributed by atoms with E-state index in [2.05, 4.69) is 13.8 Å². The molecule has 102 valence electrons. The Labute approximate surface area is 109 Å². The highest BCUT2D eigenvalue weighted by Gasteiger charge is 2.31. The summed E-state index contributed by atoms with van der Waals surface area (Å²) < 4.78 is 0. The predicted molar refractivity (Wildman–Crippen MR) is 70.0 cm³/mol. The van der Waals surface area contributed by atoms with Crippen molar-refractivity contribution in [2.24, 2.45) is 11.8 Å². The van der Waals surface area contributed by atoms with Crippen molar-refractivity contribution in [3.05, 3.63) is 0 Å². The first-order valence-electron chi connectivity index (χ1n) is 7.16. The van der Waals surface area contributed by atoms with Crippen molar-refractivity contribution in [1.29, 1.82) is 0 Å². The fourth-order valence-electron chi connectivity index (χ4n) is 3.02. The average Bonchev–Trinajstić information content (AvgIpc) is 2.37. The van der Waals surface area contributed by atoms with E-state index in [1.807, 2.05) is 0 Å². The monoisotopic (exact) mass is 252 g/mol. The second-order valence-corrected chi connectivity index (χ2v) is 6.00. The number of likely N-dealkylation sites (tertiary alicyclic amines) is 2. The molecule has 4 nitrogen and oxygen atoms in total. The molecule has 0 radical (unpaired) electrons. The molecule has 0 spiro atoms. The number of carbonyl (C=O) groups excluding carboxylic acids is 2. The van der Waals surface area contributed by atoms with Crippen LogP contribution in [-0.2, 0) is 9.59 Å². The summed E-state index contributed by atoms with van der Waals surface area (Å²) in [6.45, 7) is 7.28. The molecule has 0 aromatic carbocycles. The number of amides is 2. The Kier molecular flexibility index (Phi) is 4.25. The smallest absolute Gasteiger partial charge is 0.312 e. The van der Waals surface area contributed by atoms with Crippen molar-refractivity contribution in [3.8, 4) is 0 Å². The fourth-order valence-corrected chi connectivity index (χ4v) is 3.02. The molecule has 2 atom stereocenters. The molecule has 18 heavy (non-hydrogen) atoms. The molecule has 0 aliphatic carbocycles. The second-order valence-electron chi connectivity index (χ2n) is 6.00. The van der Waals surface area contributed by atoms with Crippen molar-refractivity contribution in [1.82, 2.24) is 9.80 Å². The highest BCUT2D eigenvalue weighted by Crippen LogP contribution is 2.18. The summed E-state index contributed by atoms with van der Waals surface area (Å²) in [4.78, 5) is 27.9. The van der Waals surface area contributed by atoms with Crippen LogP contribution in [0.1, 0.15) is 39.5 Å². The first-order chi connectivity index (χ1) is 8.58. The summed E-state index contributed by atoms with van der Waals surface area (Å²) in [6, 6.07) is 0. The lowest BCUT2D eigenvalue weighted by Gasteiger charge is -2.34. The van der Waals surface area contributed by atoms with Crippen LogP contribution in [0.2, 0.25) is 0 Å². The van der Waals surface area contributed by atoms with Crippen LogP contribution in [0.25, 0.3) is 0 Å². The summed E-state index contributed by atoms with van der Waals surface area (Å²) in [7, 11) is 0. The van der Waals surface area contributed by atoms with E-state index in [0.29, 0.717) is 11.8 Å². The Morgan fingerprint density at radius 1 is 0.833 bits per heavy atom. The Balaban J connectivity index is 1.93. The van der Waals surface area contributed by atoms with E-state index in [1.165, 1.54) is 12.8 Å². The largest absolute Gasteiger partial charge is 0.334 e. The zero-order valence-electron chi connectivity index (χ0n) is 11.5. The second kappa shape index (κ2) is 5.72. The molecule has 2 amide bonds. The van der Waals surface area contributed by atoms with Crippen molar-refractivity contribution in [2.45, 2.75) is 39.5 Å². The van der Waals surface area contributed by atoms with Gasteiger partial charge in [-0.25, -0.2) is 0 Å². The lowest BCUT2D eigenvalue weighted by Crippen LogP contribution is -2.50. The zero-order valence-corrected chi connectivity index (χ0v) is 11.5. The first-order valence-corrected chi connectivity index (χ1v) is 7.16. The molecule has 2 fully saturated rings. The van der Waals surface area contributed by atoms with Gasteiger partial charge in [0.1, 0.15) is 0 Å². The molecule has 2 aliphatic rings. The van der Waals surface area contributed by atoms with Crippen molar-refractivity contribution < 1.29 is 9.59 Å². The highest BCUT2D eigenvalue weighted by molar-refractivity contribution is 6.34. The number of carbonyl (C=O) groups is 2. The van der Waals surface area contributed by atoms with Gasteiger partial charge in [0.05, 0.1) is 0 Å². The van der Waals surface area contributed by atoms with E-state index in [1.54, 1.807) is 9.80 Å². The maximum absolute atomic E-state index is 12.2. The third kappa shape index (κ3) is 3.03. The molecule has 0 saturated carbocycles. The summed E-state index contributed by atoms with van der Waals surface area (Å²) in [5.74, 6) is 0.484. The van der Waals surface area contributed by atoms with E-state index in [0.717, 1.165) is 39.0 Å². The van der Waals surface area contributed by atoms with Gasteiger partial charge in [-0.15, -0.1) is 0 Å². The Hall–Kier alpha value is -1.06. The van der Waals surface area contributed by atoms with Gasteiger partial charge in [-0.3, -0.25) is 9.59 Å². The Bertz CT molecular complexity index is 298. The molecule has 2 heterocycles. The average molecular weight is 252 g/mol. The lowest BCUT2D eigenvalue weighted by molar-refractivity contribution is -0.153. The number of nitrogens with zero attached hydrogens (tertiary/aromatic N) is 2. The quantitative estimate of drug-likeness (QED) is 0.613. The maximum atomic E-state index is 12.2. The number of rotatable bonds is 0. The molecule has 0 bridgehead atoms. The molecule has 0 aromatic rings. The molecule has 4 heteroatoms. The van der Waals surface area contributed by atoms with E-state index in [9.17, 15) is 9.59 Å². The Morgan fingerprint density at radius 3 is 1.56 bits per heavy atom. The summed E-state index contributed by atoms with van der Waals surface area (Å²) in [5.41, 5.74) is 0. The first kappa shape index (κ1) is 13.4. The molecule has 0 N–H and O–H groups in total. The summed E-state index contributed by atoms with van der Waals surface area (Å²) in [6.07, 6.45) is 4.38. The number of piperidine rings is 2. The minimum absolute atomic E-state index is 0.282. The molecule has 2 aliphatic heterocycles. The van der Waals surface area contributed by atoms with Gasteiger partial charge in [0.2, 0.25) is 0 Å². The van der Waals surface area contributed by atoms with E-state index in [4.69, 9.17) is 0 Å². The topological polar surface area (TPSA) is 40.6 Å². The van der Waals surface area contributed by atoms with Crippen LogP contribution in [0.15, 0.2) is 0 Å². The van der Waals surface area contributed by atoms with Gasteiger partial charge in [-0.2, -0.15) is 0 Å². The van der Waals surface area contributed by atoms with Gasteiger partial charge in [-0.05, 0) is 37.5 Å². The number of hydrogen-bond acceptors (Lipinski definition) is 2. The minimum atomic E-state index is -0.282. The van der Waals surface area contributed by atoms with Crippen molar-refractivity contribution in [2.75, 3.05) is 26.2 Å². The van der Waals surface area contributed by atoms with Crippen LogP contribution in [0.5, 0.6) is 0 Å². The van der Waals surface area contributed by atoms with Crippen LogP contribution in [0.3, 0.4) is 0 Å². The fraction of sp³-hybridized carbons (Fsp3) is 0.857. The van der Waals surface area contributed by atoms with Crippen LogP contribution in [-0.4, -0.2) is 47.8 Å². The van der Waals surface area contributed by atoms with E-state index in [-0.39, 0.29) is 11.8 Å². The molecule has 2 saturated heterocycles. The van der Waals surface area contributed by atoms with Crippen LogP contribution in [0.4, 0.5) is 0 Å². The third-order valence-electron chi connectivity index (χ3n) is 4.07. The van der Waals surface area contributed by atoms with Crippen molar-refractivity contribution >= 4 is 11.8 Å². The van der Waals surface area contributed by atoms with Gasteiger partial charge >= 0.3 is 11.8 Å². The molecule has 0 aromatic heterocycles. The molecule has 0 unspecified atom stereocenters. The standard InChI is InChI=1S/C14H24N2O2/c1-11-5-3-7-15(9-11)13(17)14(18)16-8-4-6-12(2)10-16/h11-12H,3-10H2,1-2H3/t11-,12+. The van der Waals surface area contributed by atoms with Crippen molar-refractivity contribution in [3.63, 3.8) is 0 Å². The maximum Gasteiger partial charge on any atom is 0.312 e. The predicted octanol–water partition coefficient (Wildman–Crippen LogP) is 1.50. The summed E-state index contributed by atoms with van der Waals surface area (Å²) in [5, 5.41) is 0. The van der Waals surface area contributed by atoms with Gasteiger partial charge in [-0.1, -0.05) is 13.8 Å². The lowest BCUT2D eigenvalue weighted by atomic mass is 9.99. The molecular weight excluding hydrogens is 228 g/mol. The summed E-state index contributed by atoms with van der Waals surface area (Å²) >= 11 is 0. The molecule has 2 rings (SSSR count). The van der Waals surface area contributed by atoms with Crippen LogP contribution >= 0.6 is 0 Å². The van der Waals surface area contributed by atoms with E-state index >= 15 is 0 Å². The minimum Gasteiger partial charge on any atom is -0.334 e. The van der Waals surface area contributed by atoms with Gasteiger partial charge in [0.25, 0.3) is 0 Å². The van der Waals surface area contributed by atoms with Crippen LogP contribution in [0, 0.1) is 11.8 Å². The van der Waals surface area contributed by atoms with Gasteiger partial charge in [0, 0.05) is 26.2 Å². The number of hydrogen-bond donors (Lipinski definition) is 0. The van der Waals surface area contributed by atoms with E-state index < -0.39 is 0 Å². The van der Waals surface area contributed by atoms with Gasteiger partial charge < -0.3 is 9.80 Å². The molecular formula is C14H24N2O2. The SMILES string of the molecule is C[C@@H]1CCCN(C(=O)C(=O)N2CCC[C@H](C)C2)C1. The third-order valence-corrected chi connectivity index (χ3v) is 4.07. The normalized spacial score (nSPS) is 29.2. The zero-order chi connectivity index (χ0) is 13.1.